The first-order chi connectivity index (χ1) is 11.8. The molecule has 1 amide bonds. The molecule has 4 N–H and O–H groups in total. The fraction of sp³-hybridized carbons (Fsp3) is 0.389. The second-order valence-electron chi connectivity index (χ2n) is 6.16. The Morgan fingerprint density at radius 1 is 1.28 bits per heavy atom. The highest BCUT2D eigenvalue weighted by Gasteiger charge is 2.27. The molecule has 0 aliphatic heterocycles. The Kier molecular flexibility index (Phi) is 5.58. The lowest BCUT2D eigenvalue weighted by Gasteiger charge is -2.21. The van der Waals surface area contributed by atoms with Crippen LogP contribution in [0.5, 0.6) is 5.75 Å². The largest absolute Gasteiger partial charge is 0.505 e. The van der Waals surface area contributed by atoms with Crippen molar-refractivity contribution in [3.8, 4) is 5.75 Å². The minimum absolute atomic E-state index is 0.105. The molecular weight excluding hydrogens is 322 g/mol. The topological polar surface area (TPSA) is 113 Å². The summed E-state index contributed by atoms with van der Waals surface area (Å²) in [5.74, 6) is -0.723. The lowest BCUT2D eigenvalue weighted by atomic mass is 9.88. The van der Waals surface area contributed by atoms with Gasteiger partial charge in [-0.3, -0.25) is 14.4 Å². The summed E-state index contributed by atoms with van der Waals surface area (Å²) < 4.78 is 0. The van der Waals surface area contributed by atoms with Crippen LogP contribution in [0.1, 0.15) is 41.6 Å². The Morgan fingerprint density at radius 2 is 1.96 bits per heavy atom. The minimum atomic E-state index is -0.616. The Hall–Kier alpha value is -2.67. The molecule has 134 valence electrons. The Balaban J connectivity index is 2.41. The van der Waals surface area contributed by atoms with Gasteiger partial charge in [-0.1, -0.05) is 13.0 Å². The molecule has 0 spiro atoms. The number of phenolic OH excluding ortho intramolecular Hbond substituents is 1. The van der Waals surface area contributed by atoms with Gasteiger partial charge in [0.1, 0.15) is 0 Å². The van der Waals surface area contributed by atoms with E-state index in [1.165, 1.54) is 11.0 Å². The number of nitrogens with two attached hydrogens (primary N) is 1. The number of aromatic hydroxyl groups is 1. The van der Waals surface area contributed by atoms with Crippen LogP contribution in [0, 0.1) is 0 Å². The number of carbonyl (C=O) groups is 1. The van der Waals surface area contributed by atoms with Gasteiger partial charge in [-0.25, -0.2) is 0 Å². The van der Waals surface area contributed by atoms with Crippen LogP contribution in [0.2, 0.25) is 0 Å². The molecule has 0 saturated heterocycles. The van der Waals surface area contributed by atoms with Crippen molar-refractivity contribution in [2.75, 3.05) is 26.0 Å². The molecule has 0 aliphatic carbocycles. The van der Waals surface area contributed by atoms with Gasteiger partial charge in [-0.05, 0) is 37.4 Å². The van der Waals surface area contributed by atoms with Crippen molar-refractivity contribution in [3.05, 3.63) is 49.8 Å². The van der Waals surface area contributed by atoms with Crippen LogP contribution < -0.4 is 21.9 Å². The standard InChI is InChI=1S/C18H23N3O4/c1-4-10(8-9-19)13-14(17(24)16(13)23)20-12-7-5-6-11(15(12)22)18(25)21(2)3/h5-7,10,20,22H,4,8-9,19H2,1-3H3. The molecule has 7 nitrogen and oxygen atoms in total. The number of nitrogens with zero attached hydrogens (tertiary/aromatic N) is 1. The minimum Gasteiger partial charge on any atom is -0.505 e. The first-order valence-corrected chi connectivity index (χ1v) is 8.17. The van der Waals surface area contributed by atoms with Crippen LogP contribution in [0.4, 0.5) is 11.4 Å². The Labute approximate surface area is 145 Å². The molecule has 2 aromatic carbocycles. The third-order valence-corrected chi connectivity index (χ3v) is 4.30. The zero-order chi connectivity index (χ0) is 18.7. The average Bonchev–Trinajstić information content (AvgIpc) is 2.60. The summed E-state index contributed by atoms with van der Waals surface area (Å²) in [4.78, 5) is 37.4. The first kappa shape index (κ1) is 18.7. The molecule has 1 atom stereocenters. The fourth-order valence-corrected chi connectivity index (χ4v) is 2.87. The zero-order valence-corrected chi connectivity index (χ0v) is 14.6. The van der Waals surface area contributed by atoms with Gasteiger partial charge in [0, 0.05) is 19.7 Å². The maximum Gasteiger partial charge on any atom is 0.257 e. The molecule has 0 saturated carbocycles. The molecule has 2 aromatic rings. The van der Waals surface area contributed by atoms with E-state index in [-0.39, 0.29) is 34.5 Å². The highest BCUT2D eigenvalue weighted by Crippen LogP contribution is 2.33. The fourth-order valence-electron chi connectivity index (χ4n) is 2.87. The summed E-state index contributed by atoms with van der Waals surface area (Å²) in [5, 5.41) is 13.2. The summed E-state index contributed by atoms with van der Waals surface area (Å²) >= 11 is 0. The Morgan fingerprint density at radius 3 is 2.52 bits per heavy atom. The number of carbonyl (C=O) groups excluding carboxylic acids is 1. The lowest BCUT2D eigenvalue weighted by Crippen LogP contribution is -2.39. The molecule has 0 bridgehead atoms. The van der Waals surface area contributed by atoms with Crippen molar-refractivity contribution in [1.82, 2.24) is 4.90 Å². The molecule has 7 heteroatoms. The van der Waals surface area contributed by atoms with E-state index in [1.807, 2.05) is 6.92 Å². The van der Waals surface area contributed by atoms with Crippen LogP contribution in [0.25, 0.3) is 0 Å². The number of hydrogen-bond acceptors (Lipinski definition) is 6. The molecule has 0 aliphatic rings. The van der Waals surface area contributed by atoms with E-state index in [0.717, 1.165) is 0 Å². The molecule has 0 aromatic heterocycles. The molecule has 1 unspecified atom stereocenters. The number of anilines is 2. The lowest BCUT2D eigenvalue weighted by molar-refractivity contribution is 0.0824. The predicted octanol–water partition coefficient (Wildman–Crippen LogP) is 1.28. The molecule has 0 fully saturated rings. The van der Waals surface area contributed by atoms with Gasteiger partial charge in [0.15, 0.2) is 5.75 Å². The summed E-state index contributed by atoms with van der Waals surface area (Å²) in [6, 6.07) is 4.64. The molecule has 0 heterocycles. The predicted molar refractivity (Wildman–Crippen MR) is 97.5 cm³/mol. The van der Waals surface area contributed by atoms with Gasteiger partial charge >= 0.3 is 0 Å². The number of phenols is 1. The number of benzene rings is 1. The summed E-state index contributed by atoms with van der Waals surface area (Å²) in [6.07, 6.45) is 1.28. The van der Waals surface area contributed by atoms with Gasteiger partial charge in [0.2, 0.25) is 10.9 Å². The number of hydrogen-bond donors (Lipinski definition) is 3. The second-order valence-corrected chi connectivity index (χ2v) is 6.16. The zero-order valence-electron chi connectivity index (χ0n) is 14.6. The van der Waals surface area contributed by atoms with E-state index in [0.29, 0.717) is 24.9 Å². The molecule has 25 heavy (non-hydrogen) atoms. The van der Waals surface area contributed by atoms with E-state index in [9.17, 15) is 19.5 Å². The number of para-hydroxylation sites is 1. The molecular formula is C18H23N3O4. The summed E-state index contributed by atoms with van der Waals surface area (Å²) in [5.41, 5.74) is 5.38. The molecule has 0 radical (unpaired) electrons. The monoisotopic (exact) mass is 345 g/mol. The maximum atomic E-state index is 12.1. The van der Waals surface area contributed by atoms with E-state index < -0.39 is 10.9 Å². The number of amides is 1. The van der Waals surface area contributed by atoms with Crippen molar-refractivity contribution in [1.29, 1.82) is 0 Å². The van der Waals surface area contributed by atoms with Crippen molar-refractivity contribution in [3.63, 3.8) is 0 Å². The van der Waals surface area contributed by atoms with E-state index >= 15 is 0 Å². The first-order valence-electron chi connectivity index (χ1n) is 8.17. The van der Waals surface area contributed by atoms with Gasteiger partial charge in [0.05, 0.1) is 16.9 Å². The van der Waals surface area contributed by atoms with Gasteiger partial charge in [0.25, 0.3) is 5.91 Å². The van der Waals surface area contributed by atoms with Gasteiger partial charge in [-0.15, -0.1) is 0 Å². The van der Waals surface area contributed by atoms with Crippen LogP contribution in [-0.4, -0.2) is 36.6 Å². The SMILES string of the molecule is CCC(CCN)c1c(Nc2cccc(C(=O)N(C)C)c2O)c(=O)c1=O. The van der Waals surface area contributed by atoms with Crippen LogP contribution in [-0.2, 0) is 0 Å². The Bertz CT molecular complexity index is 851. The normalized spacial score (nSPS) is 12.2. The van der Waals surface area contributed by atoms with Crippen LogP contribution in [0.15, 0.2) is 27.8 Å². The van der Waals surface area contributed by atoms with Crippen LogP contribution in [0.3, 0.4) is 0 Å². The smallest absolute Gasteiger partial charge is 0.257 e. The third kappa shape index (κ3) is 3.41. The quantitative estimate of drug-likeness (QED) is 0.515. The summed E-state index contributed by atoms with van der Waals surface area (Å²) in [6.45, 7) is 2.34. The van der Waals surface area contributed by atoms with Gasteiger partial charge < -0.3 is 21.1 Å². The maximum absolute atomic E-state index is 12.1. The van der Waals surface area contributed by atoms with E-state index in [1.54, 1.807) is 26.2 Å². The highest BCUT2D eigenvalue weighted by atomic mass is 16.3. The van der Waals surface area contributed by atoms with Crippen molar-refractivity contribution >= 4 is 17.3 Å². The molecule has 2 rings (SSSR count). The summed E-state index contributed by atoms with van der Waals surface area (Å²) in [7, 11) is 3.16. The van der Waals surface area contributed by atoms with Gasteiger partial charge in [-0.2, -0.15) is 0 Å². The van der Waals surface area contributed by atoms with Crippen molar-refractivity contribution in [2.45, 2.75) is 25.7 Å². The van der Waals surface area contributed by atoms with Crippen LogP contribution >= 0.6 is 0 Å². The third-order valence-electron chi connectivity index (χ3n) is 4.30. The number of nitrogens with one attached hydrogen (secondary N) is 1. The van der Waals surface area contributed by atoms with E-state index in [4.69, 9.17) is 5.73 Å². The second kappa shape index (κ2) is 7.48. The highest BCUT2D eigenvalue weighted by molar-refractivity contribution is 5.98. The van der Waals surface area contributed by atoms with Crippen molar-refractivity contribution < 1.29 is 9.90 Å². The number of rotatable bonds is 7. The van der Waals surface area contributed by atoms with Crippen molar-refractivity contribution in [2.24, 2.45) is 5.73 Å². The average molecular weight is 345 g/mol. The van der Waals surface area contributed by atoms with E-state index in [2.05, 4.69) is 5.32 Å².